The summed E-state index contributed by atoms with van der Waals surface area (Å²) >= 11 is 0. The lowest BCUT2D eigenvalue weighted by Gasteiger charge is -2.10. The molecule has 7 nitrogen and oxygen atoms in total. The highest BCUT2D eigenvalue weighted by atomic mass is 32.2. The van der Waals surface area contributed by atoms with E-state index in [1.807, 2.05) is 0 Å². The van der Waals surface area contributed by atoms with Crippen molar-refractivity contribution in [2.24, 2.45) is 0 Å². The molecule has 0 bridgehead atoms. The Kier molecular flexibility index (Phi) is 5.94. The second-order valence-electron chi connectivity index (χ2n) is 6.21. The van der Waals surface area contributed by atoms with E-state index in [1.54, 1.807) is 42.5 Å². The topological polar surface area (TPSA) is 104 Å². The van der Waals surface area contributed by atoms with Gasteiger partial charge in [-0.15, -0.1) is 0 Å². The van der Waals surface area contributed by atoms with Crippen molar-refractivity contribution in [3.05, 3.63) is 84.4 Å². The van der Waals surface area contributed by atoms with Crippen molar-refractivity contribution in [1.29, 1.82) is 0 Å². The summed E-state index contributed by atoms with van der Waals surface area (Å²) in [5, 5.41) is 5.39. The van der Waals surface area contributed by atoms with Crippen LogP contribution >= 0.6 is 0 Å². The summed E-state index contributed by atoms with van der Waals surface area (Å²) in [4.78, 5) is 23.6. The molecule has 3 aromatic carbocycles. The molecular formula is C21H19N3O4S. The number of hydrogen-bond donors (Lipinski definition) is 3. The zero-order valence-corrected chi connectivity index (χ0v) is 16.4. The quantitative estimate of drug-likeness (QED) is 0.577. The molecule has 0 aromatic heterocycles. The van der Waals surface area contributed by atoms with E-state index in [4.69, 9.17) is 0 Å². The molecular weight excluding hydrogens is 390 g/mol. The second kappa shape index (κ2) is 8.57. The highest BCUT2D eigenvalue weighted by Gasteiger charge is 2.14. The van der Waals surface area contributed by atoms with Crippen molar-refractivity contribution in [1.82, 2.24) is 0 Å². The van der Waals surface area contributed by atoms with Gasteiger partial charge in [-0.2, -0.15) is 0 Å². The van der Waals surface area contributed by atoms with Crippen molar-refractivity contribution in [2.45, 2.75) is 11.8 Å². The standard InChI is InChI=1S/C21H19N3O4S/c1-15(25)22-17-11-13-18(14-12-17)23-21(26)16-7-9-19(10-8-16)24-29(27,28)20-5-3-2-4-6-20/h2-14,24H,1H3,(H,22,25)(H,23,26). The first-order valence-electron chi connectivity index (χ1n) is 8.70. The Morgan fingerprint density at radius 2 is 1.21 bits per heavy atom. The maximum Gasteiger partial charge on any atom is 0.261 e. The summed E-state index contributed by atoms with van der Waals surface area (Å²) in [6.07, 6.45) is 0. The number of sulfonamides is 1. The van der Waals surface area contributed by atoms with Crippen LogP contribution in [0.4, 0.5) is 17.1 Å². The summed E-state index contributed by atoms with van der Waals surface area (Å²) < 4.78 is 27.2. The number of anilines is 3. The van der Waals surface area contributed by atoms with Crippen LogP contribution in [0.25, 0.3) is 0 Å². The lowest BCUT2D eigenvalue weighted by molar-refractivity contribution is -0.114. The molecule has 29 heavy (non-hydrogen) atoms. The highest BCUT2D eigenvalue weighted by molar-refractivity contribution is 7.92. The molecule has 0 fully saturated rings. The fourth-order valence-corrected chi connectivity index (χ4v) is 3.63. The van der Waals surface area contributed by atoms with Crippen LogP contribution in [0.3, 0.4) is 0 Å². The normalized spacial score (nSPS) is 10.8. The van der Waals surface area contributed by atoms with Gasteiger partial charge < -0.3 is 10.6 Å². The summed E-state index contributed by atoms with van der Waals surface area (Å²) in [7, 11) is -3.69. The van der Waals surface area contributed by atoms with Crippen LogP contribution in [0.5, 0.6) is 0 Å². The predicted molar refractivity (Wildman–Crippen MR) is 112 cm³/mol. The first-order valence-corrected chi connectivity index (χ1v) is 10.2. The molecule has 0 saturated heterocycles. The summed E-state index contributed by atoms with van der Waals surface area (Å²) in [5.74, 6) is -0.514. The monoisotopic (exact) mass is 409 g/mol. The van der Waals surface area contributed by atoms with Crippen LogP contribution < -0.4 is 15.4 Å². The van der Waals surface area contributed by atoms with Crippen molar-refractivity contribution in [2.75, 3.05) is 15.4 Å². The molecule has 0 heterocycles. The average Bonchev–Trinajstić information content (AvgIpc) is 2.70. The van der Waals surface area contributed by atoms with Gasteiger partial charge in [0.15, 0.2) is 0 Å². The van der Waals surface area contributed by atoms with Crippen LogP contribution in [0.15, 0.2) is 83.8 Å². The van der Waals surface area contributed by atoms with Crippen LogP contribution in [0.1, 0.15) is 17.3 Å². The molecule has 0 aliphatic rings. The Balaban J connectivity index is 1.65. The third-order valence-electron chi connectivity index (χ3n) is 3.92. The van der Waals surface area contributed by atoms with Crippen LogP contribution in [-0.4, -0.2) is 20.2 Å². The predicted octanol–water partition coefficient (Wildman–Crippen LogP) is 3.70. The number of carbonyl (C=O) groups is 2. The number of amides is 2. The van der Waals surface area contributed by atoms with E-state index >= 15 is 0 Å². The highest BCUT2D eigenvalue weighted by Crippen LogP contribution is 2.18. The first-order chi connectivity index (χ1) is 13.8. The maximum absolute atomic E-state index is 12.4. The van der Waals surface area contributed by atoms with Crippen LogP contribution in [0, 0.1) is 0 Å². The van der Waals surface area contributed by atoms with E-state index in [0.717, 1.165) is 0 Å². The fourth-order valence-electron chi connectivity index (χ4n) is 2.55. The Labute approximate surface area is 168 Å². The van der Waals surface area contributed by atoms with Gasteiger partial charge in [-0.1, -0.05) is 18.2 Å². The summed E-state index contributed by atoms with van der Waals surface area (Å²) in [6.45, 7) is 1.42. The number of rotatable bonds is 6. The van der Waals surface area contributed by atoms with Gasteiger partial charge in [-0.05, 0) is 60.7 Å². The van der Waals surface area contributed by atoms with E-state index in [0.29, 0.717) is 22.6 Å². The Morgan fingerprint density at radius 1 is 0.690 bits per heavy atom. The van der Waals surface area contributed by atoms with E-state index in [2.05, 4.69) is 15.4 Å². The lowest BCUT2D eigenvalue weighted by Crippen LogP contribution is -2.14. The van der Waals surface area contributed by atoms with Crippen LogP contribution in [0.2, 0.25) is 0 Å². The molecule has 0 unspecified atom stereocenters. The lowest BCUT2D eigenvalue weighted by atomic mass is 10.2. The molecule has 8 heteroatoms. The third-order valence-corrected chi connectivity index (χ3v) is 5.31. The van der Waals surface area contributed by atoms with Gasteiger partial charge in [0, 0.05) is 29.5 Å². The van der Waals surface area contributed by atoms with Gasteiger partial charge >= 0.3 is 0 Å². The summed E-state index contributed by atoms with van der Waals surface area (Å²) in [6, 6.07) is 20.8. The van der Waals surface area contributed by atoms with Crippen molar-refractivity contribution in [3.8, 4) is 0 Å². The van der Waals surface area contributed by atoms with Crippen molar-refractivity contribution < 1.29 is 18.0 Å². The van der Waals surface area contributed by atoms with Gasteiger partial charge in [0.05, 0.1) is 4.90 Å². The van der Waals surface area contributed by atoms with Gasteiger partial charge in [0.1, 0.15) is 0 Å². The van der Waals surface area contributed by atoms with E-state index < -0.39 is 10.0 Å². The minimum absolute atomic E-state index is 0.157. The number of hydrogen-bond acceptors (Lipinski definition) is 4. The minimum atomic E-state index is -3.69. The van der Waals surface area contributed by atoms with Crippen LogP contribution in [-0.2, 0) is 14.8 Å². The molecule has 3 rings (SSSR count). The molecule has 0 saturated carbocycles. The molecule has 3 N–H and O–H groups in total. The molecule has 3 aromatic rings. The summed E-state index contributed by atoms with van der Waals surface area (Å²) in [5.41, 5.74) is 1.92. The molecule has 0 aliphatic heterocycles. The molecule has 0 radical (unpaired) electrons. The molecule has 148 valence electrons. The van der Waals surface area contributed by atoms with Gasteiger partial charge in [-0.25, -0.2) is 8.42 Å². The average molecular weight is 409 g/mol. The zero-order valence-electron chi connectivity index (χ0n) is 15.5. The van der Waals surface area contributed by atoms with Crippen molar-refractivity contribution >= 4 is 38.9 Å². The first kappa shape index (κ1) is 20.1. The maximum atomic E-state index is 12.4. The Bertz CT molecular complexity index is 1110. The van der Waals surface area contributed by atoms with E-state index in [9.17, 15) is 18.0 Å². The fraction of sp³-hybridized carbons (Fsp3) is 0.0476. The van der Waals surface area contributed by atoms with Gasteiger partial charge in [0.2, 0.25) is 5.91 Å². The molecule has 0 atom stereocenters. The van der Waals surface area contributed by atoms with E-state index in [-0.39, 0.29) is 16.7 Å². The zero-order chi connectivity index (χ0) is 20.9. The molecule has 2 amide bonds. The smallest absolute Gasteiger partial charge is 0.261 e. The second-order valence-corrected chi connectivity index (χ2v) is 7.89. The molecule has 0 aliphatic carbocycles. The SMILES string of the molecule is CC(=O)Nc1ccc(NC(=O)c2ccc(NS(=O)(=O)c3ccccc3)cc2)cc1. The third kappa shape index (κ3) is 5.43. The van der Waals surface area contributed by atoms with Crippen molar-refractivity contribution in [3.63, 3.8) is 0 Å². The van der Waals surface area contributed by atoms with Gasteiger partial charge in [0.25, 0.3) is 15.9 Å². The van der Waals surface area contributed by atoms with Gasteiger partial charge in [-0.3, -0.25) is 14.3 Å². The Morgan fingerprint density at radius 3 is 1.76 bits per heavy atom. The molecule has 0 spiro atoms. The van der Waals surface area contributed by atoms with E-state index in [1.165, 1.54) is 43.3 Å². The minimum Gasteiger partial charge on any atom is -0.326 e. The Hall–Kier alpha value is -3.65. The largest absolute Gasteiger partial charge is 0.326 e. The number of benzene rings is 3. The number of nitrogens with one attached hydrogen (secondary N) is 3. The number of carbonyl (C=O) groups excluding carboxylic acids is 2.